The number of fused-ring (bicyclic) bond motifs is 1. The summed E-state index contributed by atoms with van der Waals surface area (Å²) in [7, 11) is 0. The second-order valence-corrected chi connectivity index (χ2v) is 6.84. The van der Waals surface area contributed by atoms with E-state index >= 15 is 0 Å². The Balaban J connectivity index is 2.09. The normalized spacial score (nSPS) is 12.4. The van der Waals surface area contributed by atoms with Crippen molar-refractivity contribution < 1.29 is 23.4 Å². The highest BCUT2D eigenvalue weighted by atomic mass is 19.4. The second-order valence-electron chi connectivity index (χ2n) is 6.84. The number of aliphatic hydroxyl groups is 1. The molecule has 8 heteroatoms. The number of phenols is 1. The molecule has 3 rings (SSSR count). The Kier molecular flexibility index (Phi) is 4.69. The zero-order valence-corrected chi connectivity index (χ0v) is 14.7. The van der Waals surface area contributed by atoms with E-state index in [1.54, 1.807) is 38.1 Å². The lowest BCUT2D eigenvalue weighted by Gasteiger charge is -2.19. The lowest BCUT2D eigenvalue weighted by molar-refractivity contribution is -0.137. The molecule has 5 nitrogen and oxygen atoms in total. The summed E-state index contributed by atoms with van der Waals surface area (Å²) in [5, 5.41) is 32.5. The lowest BCUT2D eigenvalue weighted by atomic mass is 10.0. The molecule has 0 unspecified atom stereocenters. The van der Waals surface area contributed by atoms with E-state index in [9.17, 15) is 23.4 Å². The van der Waals surface area contributed by atoms with Gasteiger partial charge >= 0.3 is 6.18 Å². The number of hydrogen-bond acceptors (Lipinski definition) is 5. The molecule has 3 aromatic rings. The quantitative estimate of drug-likeness (QED) is 0.635. The highest BCUT2D eigenvalue weighted by Gasteiger charge is 2.31. The maximum absolute atomic E-state index is 12.8. The van der Waals surface area contributed by atoms with Gasteiger partial charge in [0.2, 0.25) is 0 Å². The van der Waals surface area contributed by atoms with Crippen LogP contribution in [0.5, 0.6) is 5.75 Å². The van der Waals surface area contributed by atoms with E-state index in [-0.39, 0.29) is 17.8 Å². The zero-order valence-electron chi connectivity index (χ0n) is 14.7. The summed E-state index contributed by atoms with van der Waals surface area (Å²) in [6.45, 7) is 3.52. The average molecular weight is 377 g/mol. The summed E-state index contributed by atoms with van der Waals surface area (Å²) >= 11 is 0. The summed E-state index contributed by atoms with van der Waals surface area (Å²) in [4.78, 5) is 0. The molecule has 0 saturated carbocycles. The molecule has 0 bridgehead atoms. The van der Waals surface area contributed by atoms with Gasteiger partial charge in [-0.3, -0.25) is 0 Å². The second kappa shape index (κ2) is 6.70. The Morgan fingerprint density at radius 3 is 2.26 bits per heavy atom. The number of rotatable bonds is 4. The number of hydrogen-bond donors (Lipinski definition) is 3. The summed E-state index contributed by atoms with van der Waals surface area (Å²) in [6, 6.07) is 9.81. The third kappa shape index (κ3) is 4.11. The molecule has 0 atom stereocenters. The first-order chi connectivity index (χ1) is 12.6. The monoisotopic (exact) mass is 377 g/mol. The summed E-state index contributed by atoms with van der Waals surface area (Å²) in [6.07, 6.45) is -4.55. The molecule has 1 aromatic heterocycles. The van der Waals surface area contributed by atoms with Crippen molar-refractivity contribution in [3.05, 3.63) is 48.0 Å². The zero-order chi connectivity index (χ0) is 19.8. The number of benzene rings is 2. The number of aromatic nitrogens is 2. The number of alkyl halides is 3. The first kappa shape index (κ1) is 18.9. The van der Waals surface area contributed by atoms with Crippen LogP contribution in [0.4, 0.5) is 19.0 Å². The molecule has 0 saturated heterocycles. The molecule has 0 fully saturated rings. The number of aromatic hydroxyl groups is 1. The van der Waals surface area contributed by atoms with Gasteiger partial charge in [0.05, 0.1) is 11.2 Å². The molecule has 0 aliphatic carbocycles. The van der Waals surface area contributed by atoms with Crippen LogP contribution in [-0.4, -0.2) is 32.6 Å². The molecular weight excluding hydrogens is 359 g/mol. The third-order valence-corrected chi connectivity index (χ3v) is 3.96. The van der Waals surface area contributed by atoms with Gasteiger partial charge in [0.15, 0.2) is 5.82 Å². The van der Waals surface area contributed by atoms with Gasteiger partial charge in [0.1, 0.15) is 11.4 Å². The standard InChI is InChI=1S/C19H18F3N3O2/c1-18(2,27)10-23-17-13-6-4-3-5-12(13)16(24-25-17)14-8-7-11(9-15(14)26)19(20,21)22/h3-9,26-27H,10H2,1-2H3,(H,23,25). The molecule has 0 aliphatic rings. The minimum absolute atomic E-state index is 0.153. The molecule has 0 radical (unpaired) electrons. The predicted molar refractivity (Wildman–Crippen MR) is 96.4 cm³/mol. The highest BCUT2D eigenvalue weighted by Crippen LogP contribution is 2.38. The molecule has 27 heavy (non-hydrogen) atoms. The fourth-order valence-corrected chi connectivity index (χ4v) is 2.64. The van der Waals surface area contributed by atoms with Gasteiger partial charge in [-0.25, -0.2) is 0 Å². The maximum Gasteiger partial charge on any atom is 0.416 e. The smallest absolute Gasteiger partial charge is 0.416 e. The van der Waals surface area contributed by atoms with E-state index in [1.165, 1.54) is 6.07 Å². The van der Waals surface area contributed by atoms with Gasteiger partial charge in [0.25, 0.3) is 0 Å². The van der Waals surface area contributed by atoms with E-state index < -0.39 is 23.1 Å². The lowest BCUT2D eigenvalue weighted by Crippen LogP contribution is -2.29. The fraction of sp³-hybridized carbons (Fsp3) is 0.263. The van der Waals surface area contributed by atoms with Crippen molar-refractivity contribution in [3.63, 3.8) is 0 Å². The van der Waals surface area contributed by atoms with E-state index in [0.29, 0.717) is 22.7 Å². The van der Waals surface area contributed by atoms with E-state index in [1.807, 2.05) is 0 Å². The summed E-state index contributed by atoms with van der Waals surface area (Å²) in [5.41, 5.74) is -1.48. The van der Waals surface area contributed by atoms with Gasteiger partial charge in [-0.05, 0) is 32.0 Å². The van der Waals surface area contributed by atoms with Gasteiger partial charge in [-0.15, -0.1) is 10.2 Å². The summed E-state index contributed by atoms with van der Waals surface area (Å²) < 4.78 is 38.5. The Morgan fingerprint density at radius 2 is 1.67 bits per heavy atom. The molecule has 0 spiro atoms. The van der Waals surface area contributed by atoms with Crippen molar-refractivity contribution in [2.45, 2.75) is 25.6 Å². The Bertz CT molecular complexity index is 982. The molecule has 1 heterocycles. The van der Waals surface area contributed by atoms with Crippen molar-refractivity contribution in [2.75, 3.05) is 11.9 Å². The number of nitrogens with zero attached hydrogens (tertiary/aromatic N) is 2. The van der Waals surface area contributed by atoms with Crippen LogP contribution in [0, 0.1) is 0 Å². The number of anilines is 1. The van der Waals surface area contributed by atoms with Crippen LogP contribution in [0.2, 0.25) is 0 Å². The van der Waals surface area contributed by atoms with Crippen LogP contribution in [-0.2, 0) is 6.18 Å². The minimum atomic E-state index is -4.55. The average Bonchev–Trinajstić information content (AvgIpc) is 2.58. The predicted octanol–water partition coefficient (Wildman–Crippen LogP) is 4.20. The Labute approximate surface area is 153 Å². The van der Waals surface area contributed by atoms with Crippen molar-refractivity contribution in [1.29, 1.82) is 0 Å². The van der Waals surface area contributed by atoms with Gasteiger partial charge < -0.3 is 15.5 Å². The largest absolute Gasteiger partial charge is 0.507 e. The van der Waals surface area contributed by atoms with Crippen LogP contribution in [0.25, 0.3) is 22.0 Å². The number of halogens is 3. The van der Waals surface area contributed by atoms with Crippen LogP contribution >= 0.6 is 0 Å². The molecule has 2 aromatic carbocycles. The molecule has 0 amide bonds. The van der Waals surface area contributed by atoms with Crippen LogP contribution in [0.1, 0.15) is 19.4 Å². The van der Waals surface area contributed by atoms with E-state index in [2.05, 4.69) is 15.5 Å². The third-order valence-electron chi connectivity index (χ3n) is 3.96. The van der Waals surface area contributed by atoms with E-state index in [0.717, 1.165) is 6.07 Å². The SMILES string of the molecule is CC(C)(O)CNc1nnc(-c2ccc(C(F)(F)F)cc2O)c2ccccc12. The van der Waals surface area contributed by atoms with Crippen molar-refractivity contribution in [1.82, 2.24) is 10.2 Å². The Hall–Kier alpha value is -2.87. The van der Waals surface area contributed by atoms with Gasteiger partial charge in [-0.1, -0.05) is 24.3 Å². The maximum atomic E-state index is 12.8. The first-order valence-corrected chi connectivity index (χ1v) is 8.18. The molecule has 3 N–H and O–H groups in total. The van der Waals surface area contributed by atoms with Gasteiger partial charge in [0, 0.05) is 22.9 Å². The topological polar surface area (TPSA) is 78.3 Å². The first-order valence-electron chi connectivity index (χ1n) is 8.18. The highest BCUT2D eigenvalue weighted by molar-refractivity contribution is 6.00. The van der Waals surface area contributed by atoms with Crippen LogP contribution < -0.4 is 5.32 Å². The molecule has 142 valence electrons. The van der Waals surface area contributed by atoms with Crippen LogP contribution in [0.15, 0.2) is 42.5 Å². The van der Waals surface area contributed by atoms with Crippen molar-refractivity contribution >= 4 is 16.6 Å². The molecular formula is C19H18F3N3O2. The van der Waals surface area contributed by atoms with Crippen LogP contribution in [0.3, 0.4) is 0 Å². The molecule has 0 aliphatic heterocycles. The number of nitrogens with one attached hydrogen (secondary N) is 1. The minimum Gasteiger partial charge on any atom is -0.507 e. The van der Waals surface area contributed by atoms with Crippen molar-refractivity contribution in [3.8, 4) is 17.0 Å². The van der Waals surface area contributed by atoms with E-state index in [4.69, 9.17) is 0 Å². The number of phenolic OH excluding ortho intramolecular Hbond substituents is 1. The van der Waals surface area contributed by atoms with Crippen molar-refractivity contribution in [2.24, 2.45) is 0 Å². The van der Waals surface area contributed by atoms with Gasteiger partial charge in [-0.2, -0.15) is 13.2 Å². The summed E-state index contributed by atoms with van der Waals surface area (Å²) in [5.74, 6) is -0.0932. The fourth-order valence-electron chi connectivity index (χ4n) is 2.64. The Morgan fingerprint density at radius 1 is 1.00 bits per heavy atom.